The molecule has 1 aromatic heterocycles. The van der Waals surface area contributed by atoms with Gasteiger partial charge in [-0.1, -0.05) is 29.7 Å². The molecule has 0 aliphatic rings. The minimum atomic E-state index is 0.274. The van der Waals surface area contributed by atoms with Crippen LogP contribution < -0.4 is 15.4 Å². The topological polar surface area (TPSA) is 71.7 Å². The smallest absolute Gasteiger partial charge is 0.191 e. The molecule has 0 bridgehead atoms. The van der Waals surface area contributed by atoms with Gasteiger partial charge in [0.1, 0.15) is 11.5 Å². The van der Waals surface area contributed by atoms with Gasteiger partial charge in [0, 0.05) is 36.6 Å². The number of benzene rings is 1. The summed E-state index contributed by atoms with van der Waals surface area (Å²) in [7, 11) is 3.39. The molecule has 0 aliphatic carbocycles. The second-order valence-corrected chi connectivity index (χ2v) is 6.63. The van der Waals surface area contributed by atoms with E-state index in [4.69, 9.17) is 20.9 Å². The summed E-state index contributed by atoms with van der Waals surface area (Å²) >= 11 is 6.28. The first-order chi connectivity index (χ1) is 12.5. The minimum absolute atomic E-state index is 0.274. The number of aliphatic imine (C=N–C) groups is 1. The van der Waals surface area contributed by atoms with E-state index in [0.717, 1.165) is 53.8 Å². The lowest BCUT2D eigenvalue weighted by Crippen LogP contribution is -2.40. The molecule has 0 amide bonds. The number of hydrogen-bond acceptors (Lipinski definition) is 4. The molecule has 0 saturated heterocycles. The fraction of sp³-hybridized carbons (Fsp3) is 0.474. The molecule has 1 aromatic carbocycles. The molecule has 6 nitrogen and oxygen atoms in total. The van der Waals surface area contributed by atoms with Gasteiger partial charge in [-0.3, -0.25) is 4.99 Å². The Labute approximate surface area is 160 Å². The number of guanidine groups is 1. The number of methoxy groups -OCH3 is 1. The fourth-order valence-electron chi connectivity index (χ4n) is 2.94. The Morgan fingerprint density at radius 2 is 2.12 bits per heavy atom. The third kappa shape index (κ3) is 5.14. The van der Waals surface area contributed by atoms with Crippen LogP contribution in [0, 0.1) is 13.8 Å². The lowest BCUT2D eigenvalue weighted by Gasteiger charge is -2.16. The molecule has 0 saturated carbocycles. The van der Waals surface area contributed by atoms with Crippen LogP contribution in [0.2, 0.25) is 5.02 Å². The minimum Gasteiger partial charge on any atom is -0.497 e. The zero-order valence-electron chi connectivity index (χ0n) is 16.0. The number of nitrogens with zero attached hydrogens (tertiary/aromatic N) is 2. The molecule has 0 radical (unpaired) electrons. The third-order valence-corrected chi connectivity index (χ3v) is 4.68. The number of hydrogen-bond donors (Lipinski definition) is 2. The van der Waals surface area contributed by atoms with Gasteiger partial charge in [0.25, 0.3) is 0 Å². The van der Waals surface area contributed by atoms with Crippen molar-refractivity contribution >= 4 is 17.6 Å². The van der Waals surface area contributed by atoms with Crippen LogP contribution in [0.1, 0.15) is 35.4 Å². The summed E-state index contributed by atoms with van der Waals surface area (Å²) in [5.74, 6) is 2.66. The molecule has 2 N–H and O–H groups in total. The molecular weight excluding hydrogens is 352 g/mol. The Hall–Kier alpha value is -2.21. The molecule has 0 fully saturated rings. The predicted octanol–water partition coefficient (Wildman–Crippen LogP) is 3.46. The molecular formula is C19H27ClN4O2. The van der Waals surface area contributed by atoms with E-state index < -0.39 is 0 Å². The number of ether oxygens (including phenoxy) is 1. The summed E-state index contributed by atoms with van der Waals surface area (Å²) in [6, 6.07) is 5.73. The second kappa shape index (κ2) is 9.48. The first kappa shape index (κ1) is 20.1. The molecule has 7 heteroatoms. The van der Waals surface area contributed by atoms with E-state index in [1.54, 1.807) is 14.2 Å². The van der Waals surface area contributed by atoms with Gasteiger partial charge in [-0.15, -0.1) is 0 Å². The highest BCUT2D eigenvalue weighted by Crippen LogP contribution is 2.23. The zero-order chi connectivity index (χ0) is 19.1. The van der Waals surface area contributed by atoms with Crippen molar-refractivity contribution in [1.29, 1.82) is 0 Å². The molecule has 0 spiro atoms. The molecule has 2 aromatic rings. The summed E-state index contributed by atoms with van der Waals surface area (Å²) in [5, 5.41) is 11.4. The van der Waals surface area contributed by atoms with Crippen LogP contribution in [0.3, 0.4) is 0 Å². The van der Waals surface area contributed by atoms with Gasteiger partial charge in [0.2, 0.25) is 0 Å². The number of aryl methyl sites for hydroxylation is 2. The number of halogens is 1. The number of aromatic nitrogens is 1. The van der Waals surface area contributed by atoms with Crippen molar-refractivity contribution in [3.8, 4) is 5.75 Å². The SMILES string of the molecule is CN=C(NCCc1ccc(OC)cc1Cl)NCC(C)c1c(C)noc1C. The maximum absolute atomic E-state index is 6.28. The van der Waals surface area contributed by atoms with Gasteiger partial charge < -0.3 is 19.9 Å². The second-order valence-electron chi connectivity index (χ2n) is 6.23. The first-order valence-corrected chi connectivity index (χ1v) is 9.03. The van der Waals surface area contributed by atoms with Crippen molar-refractivity contribution in [3.63, 3.8) is 0 Å². The standard InChI is InChI=1S/C19H27ClN4O2/c1-12(18-13(2)24-26-14(18)3)11-23-19(21-4)22-9-8-15-6-7-16(25-5)10-17(15)20/h6-7,10,12H,8-9,11H2,1-5H3,(H2,21,22,23). The van der Waals surface area contributed by atoms with Crippen molar-refractivity contribution in [2.75, 3.05) is 27.2 Å². The normalized spacial score (nSPS) is 12.8. The number of rotatable bonds is 7. The summed E-state index contributed by atoms with van der Waals surface area (Å²) in [4.78, 5) is 4.27. The van der Waals surface area contributed by atoms with Crippen molar-refractivity contribution < 1.29 is 9.26 Å². The largest absolute Gasteiger partial charge is 0.497 e. The predicted molar refractivity (Wildman–Crippen MR) is 105 cm³/mol. The third-order valence-electron chi connectivity index (χ3n) is 4.33. The van der Waals surface area contributed by atoms with Gasteiger partial charge in [-0.2, -0.15) is 0 Å². The van der Waals surface area contributed by atoms with Crippen LogP contribution in [0.25, 0.3) is 0 Å². The van der Waals surface area contributed by atoms with Crippen LogP contribution in [0.15, 0.2) is 27.7 Å². The zero-order valence-corrected chi connectivity index (χ0v) is 16.8. The van der Waals surface area contributed by atoms with Crippen molar-refractivity contribution in [1.82, 2.24) is 15.8 Å². The van der Waals surface area contributed by atoms with Crippen LogP contribution in [0.5, 0.6) is 5.75 Å². The van der Waals surface area contributed by atoms with Crippen LogP contribution >= 0.6 is 11.6 Å². The van der Waals surface area contributed by atoms with E-state index in [9.17, 15) is 0 Å². The molecule has 1 heterocycles. The van der Waals surface area contributed by atoms with Gasteiger partial charge in [-0.25, -0.2) is 0 Å². The lowest BCUT2D eigenvalue weighted by molar-refractivity contribution is 0.391. The first-order valence-electron chi connectivity index (χ1n) is 8.66. The van der Waals surface area contributed by atoms with Gasteiger partial charge in [0.15, 0.2) is 5.96 Å². The van der Waals surface area contributed by atoms with Crippen LogP contribution in [-0.4, -0.2) is 38.4 Å². The van der Waals surface area contributed by atoms with Crippen LogP contribution in [0.4, 0.5) is 0 Å². The summed E-state index contributed by atoms with van der Waals surface area (Å²) < 4.78 is 10.4. The Bertz CT molecular complexity index is 738. The summed E-state index contributed by atoms with van der Waals surface area (Å²) in [6.07, 6.45) is 0.795. The van der Waals surface area contributed by atoms with E-state index in [-0.39, 0.29) is 5.92 Å². The van der Waals surface area contributed by atoms with Gasteiger partial charge in [-0.05, 0) is 38.0 Å². The Morgan fingerprint density at radius 3 is 2.69 bits per heavy atom. The highest BCUT2D eigenvalue weighted by Gasteiger charge is 2.16. The quantitative estimate of drug-likeness (QED) is 0.570. The maximum Gasteiger partial charge on any atom is 0.191 e. The maximum atomic E-state index is 6.28. The summed E-state index contributed by atoms with van der Waals surface area (Å²) in [5.41, 5.74) is 3.16. The monoisotopic (exact) mass is 378 g/mol. The molecule has 26 heavy (non-hydrogen) atoms. The lowest BCUT2D eigenvalue weighted by atomic mass is 10.00. The van der Waals surface area contributed by atoms with Crippen molar-refractivity contribution in [3.05, 3.63) is 45.8 Å². The van der Waals surface area contributed by atoms with E-state index in [1.807, 2.05) is 32.0 Å². The van der Waals surface area contributed by atoms with Gasteiger partial charge >= 0.3 is 0 Å². The summed E-state index contributed by atoms with van der Waals surface area (Å²) in [6.45, 7) is 7.52. The van der Waals surface area contributed by atoms with E-state index in [1.165, 1.54) is 0 Å². The van der Waals surface area contributed by atoms with E-state index in [0.29, 0.717) is 5.02 Å². The van der Waals surface area contributed by atoms with E-state index in [2.05, 4.69) is 27.7 Å². The Balaban J connectivity index is 1.83. The Kier molecular flexibility index (Phi) is 7.33. The van der Waals surface area contributed by atoms with Gasteiger partial charge in [0.05, 0.1) is 12.8 Å². The fourth-order valence-corrected chi connectivity index (χ4v) is 3.20. The molecule has 0 aliphatic heterocycles. The highest BCUT2D eigenvalue weighted by molar-refractivity contribution is 6.31. The average Bonchev–Trinajstić information content (AvgIpc) is 2.97. The van der Waals surface area contributed by atoms with Crippen LogP contribution in [-0.2, 0) is 6.42 Å². The highest BCUT2D eigenvalue weighted by atomic mass is 35.5. The molecule has 1 atom stereocenters. The van der Waals surface area contributed by atoms with E-state index >= 15 is 0 Å². The molecule has 2 rings (SSSR count). The Morgan fingerprint density at radius 1 is 1.35 bits per heavy atom. The average molecular weight is 379 g/mol. The number of nitrogens with one attached hydrogen (secondary N) is 2. The molecule has 142 valence electrons. The van der Waals surface area contributed by atoms with Crippen molar-refractivity contribution in [2.45, 2.75) is 33.1 Å². The van der Waals surface area contributed by atoms with Crippen molar-refractivity contribution in [2.24, 2.45) is 4.99 Å². The molecule has 1 unspecified atom stereocenters.